The van der Waals surface area contributed by atoms with Crippen molar-refractivity contribution < 1.29 is 14.3 Å². The van der Waals surface area contributed by atoms with Gasteiger partial charge in [-0.05, 0) is 35.9 Å². The topological polar surface area (TPSA) is 73.6 Å². The van der Waals surface area contributed by atoms with Crippen molar-refractivity contribution in [3.8, 4) is 11.5 Å². The molecule has 0 aliphatic carbocycles. The van der Waals surface area contributed by atoms with Crippen LogP contribution in [0.1, 0.15) is 15.9 Å². The molecule has 1 amide bonds. The van der Waals surface area contributed by atoms with E-state index in [-0.39, 0.29) is 25.1 Å². The number of amides is 1. The van der Waals surface area contributed by atoms with Crippen molar-refractivity contribution in [2.45, 2.75) is 6.54 Å². The lowest BCUT2D eigenvalue weighted by Gasteiger charge is -2.08. The fraction of sp³-hybridized carbons (Fsp3) is 0.133. The molecule has 0 bridgehead atoms. The molecule has 0 aromatic heterocycles. The third-order valence-corrected chi connectivity index (χ3v) is 3.39. The summed E-state index contributed by atoms with van der Waals surface area (Å²) in [5, 5.41) is 3.27. The van der Waals surface area contributed by atoms with Crippen LogP contribution in [0.25, 0.3) is 0 Å². The maximum Gasteiger partial charge on any atom is 0.253 e. The van der Waals surface area contributed by atoms with Crippen LogP contribution in [0.15, 0.2) is 36.4 Å². The standard InChI is InChI=1S/C15H13ClN2O3.ClH/c16-10-2-3-12(17)11(6-10)15(19)18-7-9-1-4-13-14(5-9)21-8-20-13;/h1-6H,7-8,17H2,(H,18,19);1H. The molecule has 1 aliphatic rings. The van der Waals surface area contributed by atoms with Gasteiger partial charge in [-0.2, -0.15) is 0 Å². The molecular weight excluding hydrogens is 327 g/mol. The molecule has 0 unspecified atom stereocenters. The number of fused-ring (bicyclic) bond motifs is 1. The summed E-state index contributed by atoms with van der Waals surface area (Å²) in [7, 11) is 0. The second kappa shape index (κ2) is 6.77. The van der Waals surface area contributed by atoms with E-state index in [4.69, 9.17) is 26.8 Å². The van der Waals surface area contributed by atoms with E-state index in [0.717, 1.165) is 5.56 Å². The smallest absolute Gasteiger partial charge is 0.253 e. The zero-order chi connectivity index (χ0) is 14.8. The highest BCUT2D eigenvalue weighted by atomic mass is 35.5. The van der Waals surface area contributed by atoms with Gasteiger partial charge in [-0.15, -0.1) is 12.4 Å². The predicted molar refractivity (Wildman–Crippen MR) is 86.8 cm³/mol. The average Bonchev–Trinajstić information content (AvgIpc) is 2.94. The summed E-state index contributed by atoms with van der Waals surface area (Å²) in [4.78, 5) is 12.1. The van der Waals surface area contributed by atoms with Gasteiger partial charge in [-0.3, -0.25) is 4.79 Å². The number of rotatable bonds is 3. The molecule has 0 fully saturated rings. The van der Waals surface area contributed by atoms with Gasteiger partial charge in [-0.1, -0.05) is 17.7 Å². The van der Waals surface area contributed by atoms with Crippen molar-refractivity contribution >= 4 is 35.6 Å². The molecule has 3 N–H and O–H groups in total. The summed E-state index contributed by atoms with van der Waals surface area (Å²) >= 11 is 5.88. The molecular formula is C15H14Cl2N2O3. The third-order valence-electron chi connectivity index (χ3n) is 3.15. The van der Waals surface area contributed by atoms with Gasteiger partial charge >= 0.3 is 0 Å². The summed E-state index contributed by atoms with van der Waals surface area (Å²) in [6.45, 7) is 0.589. The van der Waals surface area contributed by atoms with Crippen LogP contribution in [0.5, 0.6) is 11.5 Å². The molecule has 0 atom stereocenters. The Kier molecular flexibility index (Phi) is 5.00. The van der Waals surface area contributed by atoms with Crippen LogP contribution in [0.4, 0.5) is 5.69 Å². The molecule has 0 radical (unpaired) electrons. The Morgan fingerprint density at radius 1 is 1.18 bits per heavy atom. The molecule has 0 spiro atoms. The lowest BCUT2D eigenvalue weighted by molar-refractivity contribution is 0.0951. The van der Waals surface area contributed by atoms with Crippen molar-refractivity contribution in [3.05, 3.63) is 52.5 Å². The second-order valence-electron chi connectivity index (χ2n) is 4.60. The monoisotopic (exact) mass is 340 g/mol. The van der Waals surface area contributed by atoms with Crippen molar-refractivity contribution in [2.24, 2.45) is 0 Å². The van der Waals surface area contributed by atoms with Gasteiger partial charge in [-0.25, -0.2) is 0 Å². The summed E-state index contributed by atoms with van der Waals surface area (Å²) in [5.74, 6) is 1.13. The maximum absolute atomic E-state index is 12.1. The average molecular weight is 341 g/mol. The highest BCUT2D eigenvalue weighted by Gasteiger charge is 2.14. The van der Waals surface area contributed by atoms with E-state index in [1.165, 1.54) is 0 Å². The normalized spacial score (nSPS) is 11.7. The minimum absolute atomic E-state index is 0. The van der Waals surface area contributed by atoms with Crippen molar-refractivity contribution in [1.29, 1.82) is 0 Å². The maximum atomic E-state index is 12.1. The Morgan fingerprint density at radius 2 is 1.95 bits per heavy atom. The van der Waals surface area contributed by atoms with Crippen LogP contribution in [0.3, 0.4) is 0 Å². The first-order valence-corrected chi connectivity index (χ1v) is 6.73. The largest absolute Gasteiger partial charge is 0.454 e. The number of hydrogen-bond donors (Lipinski definition) is 2. The first-order chi connectivity index (χ1) is 10.1. The summed E-state index contributed by atoms with van der Waals surface area (Å²) in [5.41, 5.74) is 7.44. The van der Waals surface area contributed by atoms with Gasteiger partial charge < -0.3 is 20.5 Å². The Balaban J connectivity index is 0.00000176. The molecule has 7 heteroatoms. The number of benzene rings is 2. The number of hydrogen-bond acceptors (Lipinski definition) is 4. The van der Waals surface area contributed by atoms with E-state index in [9.17, 15) is 4.79 Å². The van der Waals surface area contributed by atoms with Gasteiger partial charge in [0.05, 0.1) is 5.56 Å². The zero-order valence-electron chi connectivity index (χ0n) is 11.5. The number of nitrogens with two attached hydrogens (primary N) is 1. The van der Waals surface area contributed by atoms with Crippen molar-refractivity contribution in [1.82, 2.24) is 5.32 Å². The van der Waals surface area contributed by atoms with Crippen LogP contribution in [-0.4, -0.2) is 12.7 Å². The minimum atomic E-state index is -0.271. The molecule has 22 heavy (non-hydrogen) atoms. The number of anilines is 1. The molecule has 2 aromatic carbocycles. The Labute approximate surface area is 138 Å². The molecule has 0 saturated carbocycles. The predicted octanol–water partition coefficient (Wildman–Crippen LogP) is 3.00. The Hall–Kier alpha value is -2.11. The van der Waals surface area contributed by atoms with E-state index in [1.54, 1.807) is 18.2 Å². The first-order valence-electron chi connectivity index (χ1n) is 6.35. The number of halogens is 2. The van der Waals surface area contributed by atoms with Gasteiger partial charge in [0.2, 0.25) is 6.79 Å². The first kappa shape index (κ1) is 16.3. The van der Waals surface area contributed by atoms with Crippen molar-refractivity contribution in [3.63, 3.8) is 0 Å². The lowest BCUT2D eigenvalue weighted by atomic mass is 10.1. The number of nitrogen functional groups attached to an aromatic ring is 1. The minimum Gasteiger partial charge on any atom is -0.454 e. The molecule has 116 valence electrons. The number of ether oxygens (including phenoxy) is 2. The number of nitrogens with one attached hydrogen (secondary N) is 1. The van der Waals surface area contributed by atoms with E-state index < -0.39 is 0 Å². The van der Waals surface area contributed by atoms with E-state index >= 15 is 0 Å². The van der Waals surface area contributed by atoms with Crippen LogP contribution in [0.2, 0.25) is 5.02 Å². The van der Waals surface area contributed by atoms with E-state index in [2.05, 4.69) is 5.32 Å². The van der Waals surface area contributed by atoms with Gasteiger partial charge in [0, 0.05) is 17.3 Å². The Morgan fingerprint density at radius 3 is 2.77 bits per heavy atom. The van der Waals surface area contributed by atoms with Crippen LogP contribution >= 0.6 is 24.0 Å². The summed E-state index contributed by atoms with van der Waals surface area (Å²) < 4.78 is 10.5. The number of carbonyl (C=O) groups is 1. The highest BCUT2D eigenvalue weighted by Crippen LogP contribution is 2.32. The fourth-order valence-electron chi connectivity index (χ4n) is 2.05. The number of carbonyl (C=O) groups excluding carboxylic acids is 1. The van der Waals surface area contributed by atoms with Crippen LogP contribution < -0.4 is 20.5 Å². The summed E-state index contributed by atoms with van der Waals surface area (Å²) in [6.07, 6.45) is 0. The zero-order valence-corrected chi connectivity index (χ0v) is 13.0. The quantitative estimate of drug-likeness (QED) is 0.842. The third kappa shape index (κ3) is 3.37. The SMILES string of the molecule is Cl.Nc1ccc(Cl)cc1C(=O)NCc1ccc2c(c1)OCO2. The van der Waals surface area contributed by atoms with Gasteiger partial charge in [0.25, 0.3) is 5.91 Å². The molecule has 3 rings (SSSR count). The molecule has 5 nitrogen and oxygen atoms in total. The van der Waals surface area contributed by atoms with Crippen LogP contribution in [0, 0.1) is 0 Å². The highest BCUT2D eigenvalue weighted by molar-refractivity contribution is 6.31. The second-order valence-corrected chi connectivity index (χ2v) is 5.04. The van der Waals surface area contributed by atoms with Gasteiger partial charge in [0.15, 0.2) is 11.5 Å². The van der Waals surface area contributed by atoms with E-state index in [0.29, 0.717) is 34.3 Å². The fourth-order valence-corrected chi connectivity index (χ4v) is 2.23. The Bertz CT molecular complexity index is 707. The molecule has 1 aliphatic heterocycles. The lowest BCUT2D eigenvalue weighted by Crippen LogP contribution is -2.23. The molecule has 2 aromatic rings. The van der Waals surface area contributed by atoms with Crippen molar-refractivity contribution in [2.75, 3.05) is 12.5 Å². The molecule has 0 saturated heterocycles. The van der Waals surface area contributed by atoms with Gasteiger partial charge in [0.1, 0.15) is 0 Å². The van der Waals surface area contributed by atoms with E-state index in [1.807, 2.05) is 18.2 Å². The van der Waals surface area contributed by atoms with Crippen LogP contribution in [-0.2, 0) is 6.54 Å². The molecule has 1 heterocycles. The summed E-state index contributed by atoms with van der Waals surface area (Å²) in [6, 6.07) is 10.3.